The van der Waals surface area contributed by atoms with Crippen molar-refractivity contribution in [3.8, 4) is 5.75 Å². The van der Waals surface area contributed by atoms with Crippen LogP contribution >= 0.6 is 27.5 Å². The molecule has 0 aliphatic carbocycles. The van der Waals surface area contributed by atoms with Crippen LogP contribution in [0.4, 0.5) is 0 Å². The average Bonchev–Trinajstić information content (AvgIpc) is 2.88. The minimum atomic E-state index is 0.0698. The topological polar surface area (TPSA) is 18.5 Å². The van der Waals surface area contributed by atoms with Crippen LogP contribution in [-0.4, -0.2) is 25.7 Å². The lowest BCUT2D eigenvalue weighted by Crippen LogP contribution is -2.35. The van der Waals surface area contributed by atoms with E-state index in [2.05, 4.69) is 28.1 Å². The minimum Gasteiger partial charge on any atom is -0.493 e. The highest BCUT2D eigenvalue weighted by molar-refractivity contribution is 9.10. The summed E-state index contributed by atoms with van der Waals surface area (Å²) < 4.78 is 12.6. The number of ether oxygens (including phenoxy) is 2. The van der Waals surface area contributed by atoms with E-state index in [0.717, 1.165) is 55.7 Å². The molecule has 1 aromatic rings. The van der Waals surface area contributed by atoms with Crippen molar-refractivity contribution in [1.82, 2.24) is 0 Å². The standard InChI is InChI=1S/C15H18BrClO2/c16-13-6-11-2-5-19-14(11)12(7-13)8-15(9-17)3-1-4-18-10-15/h6-7H,1-5,8-10H2. The number of halogens is 2. The van der Waals surface area contributed by atoms with Crippen LogP contribution in [0.15, 0.2) is 16.6 Å². The van der Waals surface area contributed by atoms with Gasteiger partial charge in [-0.25, -0.2) is 0 Å². The highest BCUT2D eigenvalue weighted by atomic mass is 79.9. The predicted octanol–water partition coefficient (Wildman–Crippen LogP) is 3.96. The molecule has 0 amide bonds. The Morgan fingerprint density at radius 2 is 2.21 bits per heavy atom. The second-order valence-corrected chi connectivity index (χ2v) is 6.80. The van der Waals surface area contributed by atoms with E-state index < -0.39 is 0 Å². The summed E-state index contributed by atoms with van der Waals surface area (Å²) in [4.78, 5) is 0. The van der Waals surface area contributed by atoms with Gasteiger partial charge in [0.25, 0.3) is 0 Å². The van der Waals surface area contributed by atoms with Gasteiger partial charge in [-0.1, -0.05) is 15.9 Å². The second kappa shape index (κ2) is 5.63. The molecule has 1 atom stereocenters. The number of alkyl halides is 1. The summed E-state index contributed by atoms with van der Waals surface area (Å²) in [5, 5.41) is 0. The van der Waals surface area contributed by atoms with Gasteiger partial charge in [0, 0.05) is 28.8 Å². The van der Waals surface area contributed by atoms with Gasteiger partial charge in [0.15, 0.2) is 0 Å². The third kappa shape index (κ3) is 2.79. The van der Waals surface area contributed by atoms with Gasteiger partial charge >= 0.3 is 0 Å². The summed E-state index contributed by atoms with van der Waals surface area (Å²) in [5.74, 6) is 1.73. The van der Waals surface area contributed by atoms with Crippen molar-refractivity contribution in [2.45, 2.75) is 25.7 Å². The minimum absolute atomic E-state index is 0.0698. The zero-order valence-electron chi connectivity index (χ0n) is 10.9. The van der Waals surface area contributed by atoms with E-state index >= 15 is 0 Å². The van der Waals surface area contributed by atoms with Gasteiger partial charge < -0.3 is 9.47 Å². The predicted molar refractivity (Wildman–Crippen MR) is 80.3 cm³/mol. The third-order valence-corrected chi connectivity index (χ3v) is 5.10. The molecule has 4 heteroatoms. The molecule has 2 nitrogen and oxygen atoms in total. The Hall–Kier alpha value is -0.250. The molecular formula is C15H18BrClO2. The van der Waals surface area contributed by atoms with E-state index in [1.54, 1.807) is 0 Å². The van der Waals surface area contributed by atoms with Crippen molar-refractivity contribution in [2.75, 3.05) is 25.7 Å². The van der Waals surface area contributed by atoms with Crippen LogP contribution in [0.2, 0.25) is 0 Å². The Balaban J connectivity index is 1.90. The van der Waals surface area contributed by atoms with Crippen LogP contribution in [0.1, 0.15) is 24.0 Å². The number of benzene rings is 1. The first-order chi connectivity index (χ1) is 9.22. The molecule has 0 N–H and O–H groups in total. The largest absolute Gasteiger partial charge is 0.493 e. The third-order valence-electron chi connectivity index (χ3n) is 4.08. The fraction of sp³-hybridized carbons (Fsp3) is 0.600. The van der Waals surface area contributed by atoms with Gasteiger partial charge in [-0.05, 0) is 42.5 Å². The van der Waals surface area contributed by atoms with Crippen LogP contribution in [-0.2, 0) is 17.6 Å². The fourth-order valence-corrected chi connectivity index (χ4v) is 3.94. The number of rotatable bonds is 3. The molecule has 1 saturated heterocycles. The summed E-state index contributed by atoms with van der Waals surface area (Å²) in [5.41, 5.74) is 2.65. The lowest BCUT2D eigenvalue weighted by Gasteiger charge is -2.35. The van der Waals surface area contributed by atoms with Crippen LogP contribution in [0.3, 0.4) is 0 Å². The number of hydrogen-bond acceptors (Lipinski definition) is 2. The molecule has 2 heterocycles. The summed E-state index contributed by atoms with van der Waals surface area (Å²) >= 11 is 9.85. The first-order valence-corrected chi connectivity index (χ1v) is 8.13. The normalized spacial score (nSPS) is 26.0. The first kappa shape index (κ1) is 13.7. The first-order valence-electron chi connectivity index (χ1n) is 6.80. The molecular weight excluding hydrogens is 328 g/mol. The molecule has 104 valence electrons. The second-order valence-electron chi connectivity index (χ2n) is 5.62. The Bertz CT molecular complexity index is 469. The Labute approximate surface area is 127 Å². The van der Waals surface area contributed by atoms with Gasteiger partial charge in [0.1, 0.15) is 5.75 Å². The molecule has 0 bridgehead atoms. The van der Waals surface area contributed by atoms with E-state index in [9.17, 15) is 0 Å². The average molecular weight is 346 g/mol. The number of fused-ring (bicyclic) bond motifs is 1. The zero-order valence-corrected chi connectivity index (χ0v) is 13.2. The van der Waals surface area contributed by atoms with E-state index in [-0.39, 0.29) is 5.41 Å². The van der Waals surface area contributed by atoms with Gasteiger partial charge in [-0.15, -0.1) is 11.6 Å². The fourth-order valence-electron chi connectivity index (χ4n) is 3.08. The van der Waals surface area contributed by atoms with E-state index in [4.69, 9.17) is 21.1 Å². The summed E-state index contributed by atoms with van der Waals surface area (Å²) in [6.45, 7) is 2.42. The quantitative estimate of drug-likeness (QED) is 0.772. The summed E-state index contributed by atoms with van der Waals surface area (Å²) in [6, 6.07) is 4.34. The molecule has 0 saturated carbocycles. The smallest absolute Gasteiger partial charge is 0.125 e. The van der Waals surface area contributed by atoms with Crippen molar-refractivity contribution in [1.29, 1.82) is 0 Å². The molecule has 1 unspecified atom stereocenters. The maximum absolute atomic E-state index is 6.25. The van der Waals surface area contributed by atoms with Gasteiger partial charge in [0.05, 0.1) is 13.2 Å². The lowest BCUT2D eigenvalue weighted by molar-refractivity contribution is 0.00453. The molecule has 2 aliphatic heterocycles. The Morgan fingerprint density at radius 3 is 2.95 bits per heavy atom. The highest BCUT2D eigenvalue weighted by Gasteiger charge is 2.34. The van der Waals surface area contributed by atoms with Crippen LogP contribution in [0.5, 0.6) is 5.75 Å². The number of hydrogen-bond donors (Lipinski definition) is 0. The highest BCUT2D eigenvalue weighted by Crippen LogP contribution is 2.40. The van der Waals surface area contributed by atoms with Crippen LogP contribution < -0.4 is 4.74 Å². The molecule has 1 fully saturated rings. The monoisotopic (exact) mass is 344 g/mol. The molecule has 0 spiro atoms. The van der Waals surface area contributed by atoms with Crippen molar-refractivity contribution >= 4 is 27.5 Å². The van der Waals surface area contributed by atoms with Crippen molar-refractivity contribution < 1.29 is 9.47 Å². The Morgan fingerprint density at radius 1 is 1.32 bits per heavy atom. The van der Waals surface area contributed by atoms with Crippen molar-refractivity contribution in [3.05, 3.63) is 27.7 Å². The van der Waals surface area contributed by atoms with E-state index in [0.29, 0.717) is 5.88 Å². The van der Waals surface area contributed by atoms with E-state index in [1.165, 1.54) is 11.1 Å². The van der Waals surface area contributed by atoms with Gasteiger partial charge in [-0.3, -0.25) is 0 Å². The van der Waals surface area contributed by atoms with Crippen molar-refractivity contribution in [3.63, 3.8) is 0 Å². The van der Waals surface area contributed by atoms with Crippen LogP contribution in [0.25, 0.3) is 0 Å². The van der Waals surface area contributed by atoms with Gasteiger partial charge in [0.2, 0.25) is 0 Å². The maximum Gasteiger partial charge on any atom is 0.125 e. The molecule has 1 aromatic carbocycles. The SMILES string of the molecule is ClCC1(Cc2cc(Br)cc3c2OCC3)CCCOC1. The maximum atomic E-state index is 6.25. The molecule has 3 rings (SSSR count). The van der Waals surface area contributed by atoms with Gasteiger partial charge in [-0.2, -0.15) is 0 Å². The molecule has 0 radical (unpaired) electrons. The summed E-state index contributed by atoms with van der Waals surface area (Å²) in [7, 11) is 0. The van der Waals surface area contributed by atoms with E-state index in [1.807, 2.05) is 0 Å². The molecule has 19 heavy (non-hydrogen) atoms. The Kier molecular flexibility index (Phi) is 4.06. The molecule has 0 aromatic heterocycles. The lowest BCUT2D eigenvalue weighted by atomic mass is 9.78. The van der Waals surface area contributed by atoms with Crippen LogP contribution in [0, 0.1) is 5.41 Å². The van der Waals surface area contributed by atoms with Crippen molar-refractivity contribution in [2.24, 2.45) is 5.41 Å². The zero-order chi connectivity index (χ0) is 13.3. The molecule has 2 aliphatic rings. The summed E-state index contributed by atoms with van der Waals surface area (Å²) in [6.07, 6.45) is 4.19.